The van der Waals surface area contributed by atoms with Crippen molar-refractivity contribution in [3.63, 3.8) is 0 Å². The summed E-state index contributed by atoms with van der Waals surface area (Å²) < 4.78 is 2.19. The molecule has 0 amide bonds. The molecule has 6 heteroatoms. The summed E-state index contributed by atoms with van der Waals surface area (Å²) in [6.07, 6.45) is 2.26. The maximum absolute atomic E-state index is 10.3. The van der Waals surface area contributed by atoms with E-state index >= 15 is 0 Å². The Hall–Kier alpha value is -0.980. The standard InChI is InChI=1S/C17H31N5O/c1-17(2,3)14(23)11-21-7-9-22(10-8-21)12-15-18-19-16(20(15)4)13-5-6-13/h13-14,23H,5-12H2,1-4H3. The third-order valence-electron chi connectivity index (χ3n) is 5.20. The Kier molecular flexibility index (Phi) is 4.76. The maximum atomic E-state index is 10.3. The average Bonchev–Trinajstić information content (AvgIpc) is 3.26. The van der Waals surface area contributed by atoms with E-state index in [2.05, 4.69) is 52.4 Å². The van der Waals surface area contributed by atoms with Gasteiger partial charge < -0.3 is 9.67 Å². The highest BCUT2D eigenvalue weighted by Crippen LogP contribution is 2.38. The number of hydrogen-bond acceptors (Lipinski definition) is 5. The van der Waals surface area contributed by atoms with Gasteiger partial charge in [0, 0.05) is 45.7 Å². The van der Waals surface area contributed by atoms with Crippen LogP contribution < -0.4 is 0 Å². The van der Waals surface area contributed by atoms with Crippen LogP contribution in [0.25, 0.3) is 0 Å². The van der Waals surface area contributed by atoms with Crippen LogP contribution in [0.3, 0.4) is 0 Å². The molecule has 1 aliphatic heterocycles. The number of β-amino-alcohol motifs (C(OH)–C–C–N with tert-alkyl or cyclic N) is 1. The smallest absolute Gasteiger partial charge is 0.146 e. The molecule has 1 saturated heterocycles. The molecule has 0 radical (unpaired) electrons. The highest BCUT2D eigenvalue weighted by Gasteiger charge is 2.30. The van der Waals surface area contributed by atoms with Crippen LogP contribution in [0.5, 0.6) is 0 Å². The van der Waals surface area contributed by atoms with Crippen molar-refractivity contribution in [2.45, 2.75) is 52.2 Å². The van der Waals surface area contributed by atoms with E-state index in [9.17, 15) is 5.11 Å². The number of hydrogen-bond donors (Lipinski definition) is 1. The molecule has 23 heavy (non-hydrogen) atoms. The van der Waals surface area contributed by atoms with E-state index in [4.69, 9.17) is 0 Å². The van der Waals surface area contributed by atoms with Crippen LogP contribution in [0.2, 0.25) is 0 Å². The number of aromatic nitrogens is 3. The molecule has 2 heterocycles. The van der Waals surface area contributed by atoms with Crippen molar-refractivity contribution in [3.05, 3.63) is 11.6 Å². The van der Waals surface area contributed by atoms with Crippen LogP contribution >= 0.6 is 0 Å². The molecule has 1 aromatic rings. The number of aliphatic hydroxyl groups is 1. The highest BCUT2D eigenvalue weighted by molar-refractivity contribution is 5.07. The number of piperazine rings is 1. The first kappa shape index (κ1) is 16.9. The Morgan fingerprint density at radius 2 is 1.70 bits per heavy atom. The molecule has 0 aromatic carbocycles. The normalized spacial score (nSPS) is 22.5. The topological polar surface area (TPSA) is 57.4 Å². The van der Waals surface area contributed by atoms with Gasteiger partial charge in [-0.25, -0.2) is 0 Å². The molecule has 0 spiro atoms. The SMILES string of the molecule is Cn1c(CN2CCN(CC(O)C(C)(C)C)CC2)nnc1C1CC1. The molecule has 0 bridgehead atoms. The fourth-order valence-corrected chi connectivity index (χ4v) is 3.06. The second-order valence-corrected chi connectivity index (χ2v) is 8.27. The van der Waals surface area contributed by atoms with Gasteiger partial charge in [0.15, 0.2) is 0 Å². The minimum absolute atomic E-state index is 0.0467. The fraction of sp³-hybridized carbons (Fsp3) is 0.882. The van der Waals surface area contributed by atoms with Crippen molar-refractivity contribution in [2.24, 2.45) is 12.5 Å². The molecule has 1 atom stereocenters. The van der Waals surface area contributed by atoms with E-state index in [1.54, 1.807) is 0 Å². The molecule has 2 aliphatic rings. The fourth-order valence-electron chi connectivity index (χ4n) is 3.06. The van der Waals surface area contributed by atoms with Gasteiger partial charge in [-0.1, -0.05) is 20.8 Å². The summed E-state index contributed by atoms with van der Waals surface area (Å²) in [4.78, 5) is 4.82. The Morgan fingerprint density at radius 1 is 1.09 bits per heavy atom. The first-order chi connectivity index (χ1) is 10.8. The van der Waals surface area contributed by atoms with Crippen LogP contribution in [0, 0.1) is 5.41 Å². The van der Waals surface area contributed by atoms with Crippen LogP contribution in [0.4, 0.5) is 0 Å². The zero-order valence-electron chi connectivity index (χ0n) is 15.0. The summed E-state index contributed by atoms with van der Waals surface area (Å²) in [5.74, 6) is 2.89. The lowest BCUT2D eigenvalue weighted by Gasteiger charge is -2.37. The molecule has 1 aliphatic carbocycles. The van der Waals surface area contributed by atoms with E-state index in [0.717, 1.165) is 50.9 Å². The molecule has 1 aromatic heterocycles. The Bertz CT molecular complexity index is 524. The highest BCUT2D eigenvalue weighted by atomic mass is 16.3. The summed E-state index contributed by atoms with van der Waals surface area (Å²) in [6.45, 7) is 12.0. The van der Waals surface area contributed by atoms with Crippen LogP contribution in [-0.4, -0.2) is 68.5 Å². The lowest BCUT2D eigenvalue weighted by molar-refractivity contribution is 0.0122. The van der Waals surface area contributed by atoms with Crippen LogP contribution in [-0.2, 0) is 13.6 Å². The molecule has 1 N–H and O–H groups in total. The van der Waals surface area contributed by atoms with Crippen molar-refractivity contribution in [1.29, 1.82) is 0 Å². The predicted octanol–water partition coefficient (Wildman–Crippen LogP) is 1.22. The predicted molar refractivity (Wildman–Crippen MR) is 90.2 cm³/mol. The monoisotopic (exact) mass is 321 g/mol. The van der Waals surface area contributed by atoms with Crippen LogP contribution in [0.15, 0.2) is 0 Å². The number of aliphatic hydroxyl groups excluding tert-OH is 1. The van der Waals surface area contributed by atoms with Gasteiger partial charge in [-0.2, -0.15) is 0 Å². The lowest BCUT2D eigenvalue weighted by Crippen LogP contribution is -2.50. The summed E-state index contributed by atoms with van der Waals surface area (Å²) in [5, 5.41) is 19.0. The Labute approximate surface area is 139 Å². The number of nitrogens with zero attached hydrogens (tertiary/aromatic N) is 5. The second kappa shape index (κ2) is 6.49. The van der Waals surface area contributed by atoms with Crippen molar-refractivity contribution >= 4 is 0 Å². The van der Waals surface area contributed by atoms with Gasteiger partial charge in [-0.05, 0) is 18.3 Å². The Balaban J connectivity index is 1.48. The summed E-state index contributed by atoms with van der Waals surface area (Å²) in [7, 11) is 2.10. The largest absolute Gasteiger partial charge is 0.391 e. The van der Waals surface area contributed by atoms with Gasteiger partial charge in [-0.15, -0.1) is 10.2 Å². The van der Waals surface area contributed by atoms with Gasteiger partial charge in [0.05, 0.1) is 12.6 Å². The second-order valence-electron chi connectivity index (χ2n) is 8.27. The third-order valence-corrected chi connectivity index (χ3v) is 5.20. The minimum atomic E-state index is -0.270. The van der Waals surface area contributed by atoms with Crippen molar-refractivity contribution in [3.8, 4) is 0 Å². The average molecular weight is 321 g/mol. The van der Waals surface area contributed by atoms with Gasteiger partial charge in [0.25, 0.3) is 0 Å². The zero-order chi connectivity index (χ0) is 16.6. The number of rotatable bonds is 5. The van der Waals surface area contributed by atoms with Crippen molar-refractivity contribution in [1.82, 2.24) is 24.6 Å². The van der Waals surface area contributed by atoms with E-state index in [0.29, 0.717) is 5.92 Å². The maximum Gasteiger partial charge on any atom is 0.146 e. The van der Waals surface area contributed by atoms with Gasteiger partial charge in [-0.3, -0.25) is 9.80 Å². The molecule has 2 fully saturated rings. The van der Waals surface area contributed by atoms with Gasteiger partial charge in [0.1, 0.15) is 11.6 Å². The summed E-state index contributed by atoms with van der Waals surface area (Å²) >= 11 is 0. The van der Waals surface area contributed by atoms with Crippen molar-refractivity contribution < 1.29 is 5.11 Å². The molecule has 1 unspecified atom stereocenters. The van der Waals surface area contributed by atoms with Gasteiger partial charge in [0.2, 0.25) is 0 Å². The summed E-state index contributed by atoms with van der Waals surface area (Å²) in [6, 6.07) is 0. The molecule has 130 valence electrons. The van der Waals surface area contributed by atoms with Crippen LogP contribution in [0.1, 0.15) is 51.2 Å². The first-order valence-corrected chi connectivity index (χ1v) is 8.85. The van der Waals surface area contributed by atoms with E-state index in [1.807, 2.05) is 0 Å². The zero-order valence-corrected chi connectivity index (χ0v) is 15.0. The third kappa shape index (κ3) is 4.11. The first-order valence-electron chi connectivity index (χ1n) is 8.85. The quantitative estimate of drug-likeness (QED) is 0.884. The van der Waals surface area contributed by atoms with Crippen molar-refractivity contribution in [2.75, 3.05) is 32.7 Å². The van der Waals surface area contributed by atoms with E-state index < -0.39 is 0 Å². The lowest BCUT2D eigenvalue weighted by atomic mass is 9.89. The molecule has 6 nitrogen and oxygen atoms in total. The Morgan fingerprint density at radius 3 is 2.26 bits per heavy atom. The van der Waals surface area contributed by atoms with E-state index in [1.165, 1.54) is 12.8 Å². The molecular formula is C17H31N5O. The van der Waals surface area contributed by atoms with Gasteiger partial charge >= 0.3 is 0 Å². The minimum Gasteiger partial charge on any atom is -0.391 e. The molecule has 1 saturated carbocycles. The van der Waals surface area contributed by atoms with E-state index in [-0.39, 0.29) is 11.5 Å². The molecular weight excluding hydrogens is 290 g/mol. The summed E-state index contributed by atoms with van der Waals surface area (Å²) in [5.41, 5.74) is -0.0467. The molecule has 3 rings (SSSR count).